The van der Waals surface area contributed by atoms with Crippen molar-refractivity contribution >= 4 is 33.4 Å². The number of hydrogen-bond donors (Lipinski definition) is 2. The molecular formula is C11H12BrF3N6. The lowest BCUT2D eigenvalue weighted by atomic mass is 10.4. The van der Waals surface area contributed by atoms with Crippen LogP contribution in [0.1, 0.15) is 5.69 Å². The fraction of sp³-hybridized carbons (Fsp3) is 0.364. The zero-order chi connectivity index (χ0) is 15.6. The predicted octanol–water partition coefficient (Wildman–Crippen LogP) is 3.09. The van der Waals surface area contributed by atoms with Gasteiger partial charge in [-0.15, -0.1) is 0 Å². The minimum atomic E-state index is -4.32. The highest BCUT2D eigenvalue weighted by atomic mass is 79.9. The lowest BCUT2D eigenvalue weighted by Crippen LogP contribution is -2.17. The molecule has 0 bridgehead atoms. The first-order valence-corrected chi connectivity index (χ1v) is 6.66. The molecule has 21 heavy (non-hydrogen) atoms. The summed E-state index contributed by atoms with van der Waals surface area (Å²) in [6.07, 6.45) is -1.51. The van der Waals surface area contributed by atoms with Crippen LogP contribution in [0, 0.1) is 6.92 Å². The number of alkyl halides is 3. The third-order valence-corrected chi connectivity index (χ3v) is 3.10. The smallest absolute Gasteiger partial charge is 0.372 e. The lowest BCUT2D eigenvalue weighted by molar-refractivity contribution is -0.142. The van der Waals surface area contributed by atoms with Gasteiger partial charge >= 0.3 is 6.18 Å². The van der Waals surface area contributed by atoms with Crippen molar-refractivity contribution in [1.82, 2.24) is 19.7 Å². The maximum Gasteiger partial charge on any atom is 0.408 e. The zero-order valence-corrected chi connectivity index (χ0v) is 12.7. The van der Waals surface area contributed by atoms with Gasteiger partial charge in [-0.2, -0.15) is 23.3 Å². The van der Waals surface area contributed by atoms with Gasteiger partial charge in [-0.3, -0.25) is 4.68 Å². The van der Waals surface area contributed by atoms with Crippen LogP contribution >= 0.6 is 15.9 Å². The minimum absolute atomic E-state index is 0.261. The van der Waals surface area contributed by atoms with E-state index in [9.17, 15) is 13.2 Å². The summed E-state index contributed by atoms with van der Waals surface area (Å²) >= 11 is 3.27. The van der Waals surface area contributed by atoms with Crippen molar-refractivity contribution in [2.75, 3.05) is 17.7 Å². The van der Waals surface area contributed by atoms with Gasteiger partial charge in [0.25, 0.3) is 0 Å². The molecule has 2 heterocycles. The highest BCUT2D eigenvalue weighted by Gasteiger charge is 2.28. The summed E-state index contributed by atoms with van der Waals surface area (Å²) in [4.78, 5) is 8.21. The molecule has 0 saturated carbocycles. The van der Waals surface area contributed by atoms with Crippen LogP contribution in [-0.2, 0) is 6.54 Å². The molecule has 0 aromatic carbocycles. The van der Waals surface area contributed by atoms with E-state index in [1.807, 2.05) is 0 Å². The van der Waals surface area contributed by atoms with Gasteiger partial charge < -0.3 is 10.6 Å². The molecule has 0 fully saturated rings. The van der Waals surface area contributed by atoms with Crippen LogP contribution < -0.4 is 10.6 Å². The van der Waals surface area contributed by atoms with Gasteiger partial charge in [-0.25, -0.2) is 4.98 Å². The Hall–Kier alpha value is -1.84. The Morgan fingerprint density at radius 1 is 1.38 bits per heavy atom. The van der Waals surface area contributed by atoms with Crippen molar-refractivity contribution in [2.45, 2.75) is 19.6 Å². The number of nitrogens with zero attached hydrogens (tertiary/aromatic N) is 4. The maximum atomic E-state index is 12.3. The van der Waals surface area contributed by atoms with Crippen LogP contribution in [0.15, 0.2) is 16.9 Å². The van der Waals surface area contributed by atoms with Crippen LogP contribution in [0.4, 0.5) is 30.6 Å². The Balaban J connectivity index is 2.20. The molecule has 10 heteroatoms. The molecule has 0 unspecified atom stereocenters. The number of aromatic nitrogens is 4. The van der Waals surface area contributed by atoms with E-state index in [4.69, 9.17) is 0 Å². The normalized spacial score (nSPS) is 11.5. The van der Waals surface area contributed by atoms with E-state index >= 15 is 0 Å². The third-order valence-electron chi connectivity index (χ3n) is 2.52. The first-order valence-electron chi connectivity index (χ1n) is 5.86. The summed E-state index contributed by atoms with van der Waals surface area (Å²) < 4.78 is 38.5. The number of nitrogens with one attached hydrogen (secondary N) is 2. The van der Waals surface area contributed by atoms with Crippen LogP contribution in [-0.4, -0.2) is 33.0 Å². The van der Waals surface area contributed by atoms with Gasteiger partial charge in [0.2, 0.25) is 5.95 Å². The Kier molecular flexibility index (Phi) is 4.35. The van der Waals surface area contributed by atoms with Crippen LogP contribution in [0.25, 0.3) is 0 Å². The topological polar surface area (TPSA) is 67.7 Å². The van der Waals surface area contributed by atoms with Crippen molar-refractivity contribution in [2.24, 2.45) is 0 Å². The van der Waals surface area contributed by atoms with E-state index in [0.29, 0.717) is 21.7 Å². The fourth-order valence-corrected chi connectivity index (χ4v) is 2.02. The van der Waals surface area contributed by atoms with Crippen molar-refractivity contribution in [3.8, 4) is 0 Å². The SMILES string of the molecule is CNc1nc(Nc2cn(CC(F)(F)F)nc2C)ncc1Br. The Morgan fingerprint density at radius 2 is 2.10 bits per heavy atom. The molecular weight excluding hydrogens is 353 g/mol. The van der Waals surface area contributed by atoms with Crippen LogP contribution in [0.3, 0.4) is 0 Å². The Labute approximate surface area is 126 Å². The van der Waals surface area contributed by atoms with Gasteiger partial charge in [0.1, 0.15) is 12.4 Å². The van der Waals surface area contributed by atoms with Gasteiger partial charge in [0.15, 0.2) is 0 Å². The molecule has 0 spiro atoms. The van der Waals surface area contributed by atoms with Gasteiger partial charge in [0.05, 0.1) is 15.9 Å². The molecule has 0 aliphatic heterocycles. The summed E-state index contributed by atoms with van der Waals surface area (Å²) in [7, 11) is 1.70. The summed E-state index contributed by atoms with van der Waals surface area (Å²) in [5, 5.41) is 9.52. The van der Waals surface area contributed by atoms with E-state index in [-0.39, 0.29) is 5.95 Å². The number of rotatable bonds is 4. The first kappa shape index (κ1) is 15.5. The monoisotopic (exact) mass is 364 g/mol. The highest BCUT2D eigenvalue weighted by molar-refractivity contribution is 9.10. The fourth-order valence-electron chi connectivity index (χ4n) is 1.63. The average Bonchev–Trinajstić information content (AvgIpc) is 2.69. The Bertz CT molecular complexity index is 639. The van der Waals surface area contributed by atoms with E-state index in [0.717, 1.165) is 4.68 Å². The lowest BCUT2D eigenvalue weighted by Gasteiger charge is -2.07. The third kappa shape index (κ3) is 4.06. The molecule has 0 atom stereocenters. The van der Waals surface area contributed by atoms with Crippen molar-refractivity contribution < 1.29 is 13.2 Å². The summed E-state index contributed by atoms with van der Waals surface area (Å²) in [6.45, 7) is 0.464. The second-order valence-electron chi connectivity index (χ2n) is 4.21. The molecule has 0 amide bonds. The first-order chi connectivity index (χ1) is 9.78. The molecule has 0 radical (unpaired) electrons. The largest absolute Gasteiger partial charge is 0.408 e. The highest BCUT2D eigenvalue weighted by Crippen LogP contribution is 2.24. The minimum Gasteiger partial charge on any atom is -0.372 e. The number of anilines is 3. The second kappa shape index (κ2) is 5.88. The number of halogens is 4. The van der Waals surface area contributed by atoms with Crippen LogP contribution in [0.2, 0.25) is 0 Å². The quantitative estimate of drug-likeness (QED) is 0.872. The van der Waals surface area contributed by atoms with Gasteiger partial charge in [0, 0.05) is 19.4 Å². The van der Waals surface area contributed by atoms with Gasteiger partial charge in [-0.1, -0.05) is 0 Å². The standard InChI is InChI=1S/C11H12BrF3N6/c1-6-8(4-21(20-6)5-11(13,14)15)18-10-17-3-7(12)9(16-2)19-10/h3-4H,5H2,1-2H3,(H2,16,17,18,19). The molecule has 2 N–H and O–H groups in total. The second-order valence-corrected chi connectivity index (χ2v) is 5.06. The number of hydrogen-bond acceptors (Lipinski definition) is 5. The average molecular weight is 365 g/mol. The van der Waals surface area contributed by atoms with Crippen molar-refractivity contribution in [1.29, 1.82) is 0 Å². The maximum absolute atomic E-state index is 12.3. The molecule has 0 aliphatic carbocycles. The molecule has 0 aliphatic rings. The zero-order valence-electron chi connectivity index (χ0n) is 11.2. The van der Waals surface area contributed by atoms with E-state index in [1.54, 1.807) is 14.0 Å². The van der Waals surface area contributed by atoms with Crippen molar-refractivity contribution in [3.63, 3.8) is 0 Å². The predicted molar refractivity (Wildman–Crippen MR) is 75.6 cm³/mol. The van der Waals surface area contributed by atoms with E-state index in [1.165, 1.54) is 12.4 Å². The van der Waals surface area contributed by atoms with Crippen LogP contribution in [0.5, 0.6) is 0 Å². The molecule has 114 valence electrons. The summed E-state index contributed by atoms with van der Waals surface area (Å²) in [5.41, 5.74) is 0.848. The van der Waals surface area contributed by atoms with Gasteiger partial charge in [-0.05, 0) is 22.9 Å². The molecule has 0 saturated heterocycles. The molecule has 2 rings (SSSR count). The van der Waals surface area contributed by atoms with E-state index in [2.05, 4.69) is 41.6 Å². The number of aryl methyl sites for hydroxylation is 1. The molecule has 6 nitrogen and oxygen atoms in total. The molecule has 2 aromatic heterocycles. The summed E-state index contributed by atoms with van der Waals surface area (Å²) in [6, 6.07) is 0. The van der Waals surface area contributed by atoms with Crippen molar-refractivity contribution in [3.05, 3.63) is 22.6 Å². The molecule has 2 aromatic rings. The summed E-state index contributed by atoms with van der Waals surface area (Å²) in [5.74, 6) is 0.824. The van der Waals surface area contributed by atoms with E-state index < -0.39 is 12.7 Å². The Morgan fingerprint density at radius 3 is 2.71 bits per heavy atom.